The van der Waals surface area contributed by atoms with Gasteiger partial charge in [0, 0.05) is 5.56 Å². The Bertz CT molecular complexity index is 484. The lowest BCUT2D eigenvalue weighted by Gasteiger charge is -2.05. The Morgan fingerprint density at radius 1 is 1.40 bits per heavy atom. The van der Waals surface area contributed by atoms with E-state index in [0.717, 1.165) is 6.20 Å². The lowest BCUT2D eigenvalue weighted by atomic mass is 10.3. The van der Waals surface area contributed by atoms with Crippen molar-refractivity contribution in [2.75, 3.05) is 0 Å². The number of hydrogen-bond acceptors (Lipinski definition) is 2. The fourth-order valence-electron chi connectivity index (χ4n) is 1.20. The summed E-state index contributed by atoms with van der Waals surface area (Å²) in [6.07, 6.45) is 4.17. The highest BCUT2D eigenvalue weighted by Gasteiger charge is 2.08. The van der Waals surface area contributed by atoms with Gasteiger partial charge in [-0.2, -0.15) is 5.10 Å². The number of nitrogens with zero attached hydrogens (tertiary/aromatic N) is 3. The van der Waals surface area contributed by atoms with Crippen molar-refractivity contribution in [1.82, 2.24) is 14.8 Å². The minimum atomic E-state index is -0.423. The molecule has 0 aliphatic carbocycles. The number of rotatable bonds is 2. The Kier molecular flexibility index (Phi) is 2.88. The van der Waals surface area contributed by atoms with Crippen molar-refractivity contribution in [2.24, 2.45) is 0 Å². The van der Waals surface area contributed by atoms with E-state index in [2.05, 4.69) is 10.1 Å². The van der Waals surface area contributed by atoms with Crippen molar-refractivity contribution in [2.45, 2.75) is 5.88 Å². The second-order valence-corrected chi connectivity index (χ2v) is 3.58. The van der Waals surface area contributed by atoms with Crippen LogP contribution < -0.4 is 0 Å². The standard InChI is InChI=1S/C9H6Cl2FN3/c10-2-6-1-8(12)4-13-9(6)15-5-7(11)3-14-15/h1,3-5H,2H2. The van der Waals surface area contributed by atoms with Gasteiger partial charge in [0.2, 0.25) is 0 Å². The number of alkyl halides is 1. The highest BCUT2D eigenvalue weighted by molar-refractivity contribution is 6.30. The quantitative estimate of drug-likeness (QED) is 0.763. The van der Waals surface area contributed by atoms with Gasteiger partial charge in [-0.3, -0.25) is 0 Å². The van der Waals surface area contributed by atoms with Gasteiger partial charge >= 0.3 is 0 Å². The summed E-state index contributed by atoms with van der Waals surface area (Å²) >= 11 is 11.4. The fourth-order valence-corrected chi connectivity index (χ4v) is 1.53. The molecule has 2 aromatic heterocycles. The summed E-state index contributed by atoms with van der Waals surface area (Å²) in [6.45, 7) is 0. The van der Waals surface area contributed by atoms with Crippen LogP contribution in [0.5, 0.6) is 0 Å². The Labute approximate surface area is 95.5 Å². The van der Waals surface area contributed by atoms with Crippen molar-refractivity contribution in [3.05, 3.63) is 41.1 Å². The smallest absolute Gasteiger partial charge is 0.157 e. The Balaban J connectivity index is 2.52. The molecule has 0 radical (unpaired) electrons. The van der Waals surface area contributed by atoms with Gasteiger partial charge < -0.3 is 0 Å². The van der Waals surface area contributed by atoms with Crippen molar-refractivity contribution >= 4 is 23.2 Å². The number of hydrogen-bond donors (Lipinski definition) is 0. The van der Waals surface area contributed by atoms with Crippen LogP contribution in [0.25, 0.3) is 5.82 Å². The van der Waals surface area contributed by atoms with Crippen molar-refractivity contribution in [1.29, 1.82) is 0 Å². The summed E-state index contributed by atoms with van der Waals surface area (Å²) in [5.41, 5.74) is 0.566. The summed E-state index contributed by atoms with van der Waals surface area (Å²) < 4.78 is 14.3. The molecule has 15 heavy (non-hydrogen) atoms. The van der Waals surface area contributed by atoms with E-state index < -0.39 is 5.82 Å². The van der Waals surface area contributed by atoms with Crippen molar-refractivity contribution in [3.63, 3.8) is 0 Å². The predicted molar refractivity (Wildman–Crippen MR) is 55.9 cm³/mol. The van der Waals surface area contributed by atoms with Gasteiger partial charge in [0.25, 0.3) is 0 Å². The molecule has 0 aliphatic rings. The normalized spacial score (nSPS) is 10.6. The van der Waals surface area contributed by atoms with Crippen LogP contribution in [0.1, 0.15) is 5.56 Å². The first-order valence-corrected chi connectivity index (χ1v) is 5.03. The van der Waals surface area contributed by atoms with Crippen LogP contribution in [0.3, 0.4) is 0 Å². The van der Waals surface area contributed by atoms with E-state index in [-0.39, 0.29) is 5.88 Å². The molecule has 3 nitrogen and oxygen atoms in total. The first-order valence-electron chi connectivity index (χ1n) is 4.11. The monoisotopic (exact) mass is 245 g/mol. The van der Waals surface area contributed by atoms with E-state index >= 15 is 0 Å². The van der Waals surface area contributed by atoms with E-state index in [1.165, 1.54) is 16.9 Å². The van der Waals surface area contributed by atoms with Gasteiger partial charge in [0.15, 0.2) is 5.82 Å². The maximum Gasteiger partial charge on any atom is 0.157 e. The zero-order valence-corrected chi connectivity index (χ0v) is 9.00. The van der Waals surface area contributed by atoms with Crippen LogP contribution in [-0.2, 0) is 5.88 Å². The molecule has 0 amide bonds. The van der Waals surface area contributed by atoms with E-state index in [1.807, 2.05) is 0 Å². The molecule has 2 aromatic rings. The lowest BCUT2D eigenvalue weighted by molar-refractivity contribution is 0.617. The third-order valence-corrected chi connectivity index (χ3v) is 2.30. The van der Waals surface area contributed by atoms with Gasteiger partial charge in [-0.05, 0) is 6.07 Å². The highest BCUT2D eigenvalue weighted by atomic mass is 35.5. The summed E-state index contributed by atoms with van der Waals surface area (Å²) in [7, 11) is 0. The molecule has 0 aromatic carbocycles. The maximum atomic E-state index is 12.9. The van der Waals surface area contributed by atoms with Gasteiger partial charge in [0.1, 0.15) is 5.82 Å². The molecule has 2 rings (SSSR count). The molecule has 0 spiro atoms. The highest BCUT2D eigenvalue weighted by Crippen LogP contribution is 2.16. The second kappa shape index (κ2) is 4.16. The molecule has 6 heteroatoms. The zero-order valence-electron chi connectivity index (χ0n) is 7.49. The van der Waals surface area contributed by atoms with E-state index in [1.54, 1.807) is 6.20 Å². The molecule has 0 unspecified atom stereocenters. The molecule has 0 aliphatic heterocycles. The minimum Gasteiger partial charge on any atom is -0.234 e. The molecule has 0 saturated heterocycles. The SMILES string of the molecule is Fc1cnc(-n2cc(Cl)cn2)c(CCl)c1. The van der Waals surface area contributed by atoms with Gasteiger partial charge in [-0.15, -0.1) is 11.6 Å². The van der Waals surface area contributed by atoms with Crippen LogP contribution in [-0.4, -0.2) is 14.8 Å². The van der Waals surface area contributed by atoms with Crippen LogP contribution >= 0.6 is 23.2 Å². The molecule has 0 N–H and O–H groups in total. The number of pyridine rings is 1. The molecule has 78 valence electrons. The summed E-state index contributed by atoms with van der Waals surface area (Å²) in [4.78, 5) is 3.92. The number of halogens is 3. The third-order valence-electron chi connectivity index (χ3n) is 1.82. The van der Waals surface area contributed by atoms with E-state index in [4.69, 9.17) is 23.2 Å². The number of aromatic nitrogens is 3. The largest absolute Gasteiger partial charge is 0.234 e. The minimum absolute atomic E-state index is 0.164. The Morgan fingerprint density at radius 3 is 2.80 bits per heavy atom. The summed E-state index contributed by atoms with van der Waals surface area (Å²) in [5.74, 6) is 0.225. The van der Waals surface area contributed by atoms with Crippen LogP contribution in [0, 0.1) is 5.82 Å². The average Bonchev–Trinajstić information content (AvgIpc) is 2.64. The third kappa shape index (κ3) is 2.11. The first-order chi connectivity index (χ1) is 7.20. The molecule has 2 heterocycles. The summed E-state index contributed by atoms with van der Waals surface area (Å²) in [5, 5.41) is 4.45. The summed E-state index contributed by atoms with van der Waals surface area (Å²) in [6, 6.07) is 1.32. The molecular weight excluding hydrogens is 240 g/mol. The van der Waals surface area contributed by atoms with Gasteiger partial charge in [-0.1, -0.05) is 11.6 Å². The molecule has 0 bridgehead atoms. The van der Waals surface area contributed by atoms with Gasteiger partial charge in [0.05, 0.1) is 29.5 Å². The lowest BCUT2D eigenvalue weighted by Crippen LogP contribution is -2.02. The maximum absolute atomic E-state index is 12.9. The zero-order chi connectivity index (χ0) is 10.8. The molecule has 0 saturated carbocycles. The molecule has 0 atom stereocenters. The van der Waals surface area contributed by atoms with Crippen LogP contribution in [0.2, 0.25) is 5.02 Å². The fraction of sp³-hybridized carbons (Fsp3) is 0.111. The van der Waals surface area contributed by atoms with Crippen LogP contribution in [0.4, 0.5) is 4.39 Å². The molecular formula is C9H6Cl2FN3. The van der Waals surface area contributed by atoms with Crippen molar-refractivity contribution < 1.29 is 4.39 Å². The topological polar surface area (TPSA) is 30.7 Å². The van der Waals surface area contributed by atoms with Crippen molar-refractivity contribution in [3.8, 4) is 5.82 Å². The molecule has 0 fully saturated rings. The Hall–Kier alpha value is -1.13. The van der Waals surface area contributed by atoms with E-state index in [9.17, 15) is 4.39 Å². The average molecular weight is 246 g/mol. The van der Waals surface area contributed by atoms with Crippen LogP contribution in [0.15, 0.2) is 24.7 Å². The Morgan fingerprint density at radius 2 is 2.20 bits per heavy atom. The first kappa shape index (κ1) is 10.4. The predicted octanol–water partition coefficient (Wildman–Crippen LogP) is 2.80. The second-order valence-electron chi connectivity index (χ2n) is 2.87. The van der Waals surface area contributed by atoms with Gasteiger partial charge in [-0.25, -0.2) is 14.1 Å². The van der Waals surface area contributed by atoms with E-state index in [0.29, 0.717) is 16.4 Å².